The molecule has 1 saturated carbocycles. The second-order valence-electron chi connectivity index (χ2n) is 9.48. The highest BCUT2D eigenvalue weighted by atomic mass is 35.5. The summed E-state index contributed by atoms with van der Waals surface area (Å²) < 4.78 is 50.1. The third kappa shape index (κ3) is 9.18. The molecular weight excluding hydrogens is 556 g/mol. The molecule has 11 heteroatoms. The first kappa shape index (κ1) is 33.4. The molecule has 0 N–H and O–H groups in total. The molecule has 0 saturated heterocycles. The summed E-state index contributed by atoms with van der Waals surface area (Å²) in [6.07, 6.45) is -1.67. The van der Waals surface area contributed by atoms with E-state index in [1.807, 2.05) is 43.3 Å². The fourth-order valence-electron chi connectivity index (χ4n) is 4.99. The Morgan fingerprint density at radius 3 is 1.98 bits per heavy atom. The zero-order valence-electron chi connectivity index (χ0n) is 24.3. The van der Waals surface area contributed by atoms with E-state index >= 15 is 0 Å². The highest BCUT2D eigenvalue weighted by molar-refractivity contribution is 6.31. The summed E-state index contributed by atoms with van der Waals surface area (Å²) in [5.41, 5.74) is 2.65. The van der Waals surface area contributed by atoms with Gasteiger partial charge in [0.25, 0.3) is 0 Å². The van der Waals surface area contributed by atoms with Crippen molar-refractivity contribution in [3.8, 4) is 5.75 Å². The van der Waals surface area contributed by atoms with Gasteiger partial charge in [-0.1, -0.05) is 35.9 Å². The molecule has 228 valence electrons. The van der Waals surface area contributed by atoms with Crippen molar-refractivity contribution in [3.05, 3.63) is 64.2 Å². The average molecular weight is 597 g/mol. The Kier molecular flexibility index (Phi) is 14.5. The van der Waals surface area contributed by atoms with Gasteiger partial charge in [0.05, 0.1) is 25.0 Å². The van der Waals surface area contributed by atoms with Gasteiger partial charge in [-0.3, -0.25) is 4.79 Å². The van der Waals surface area contributed by atoms with E-state index in [1.54, 1.807) is 6.07 Å². The molecule has 0 aliphatic heterocycles. The van der Waals surface area contributed by atoms with Gasteiger partial charge in [-0.05, 0) is 48.2 Å². The monoisotopic (exact) mass is 596 g/mol. The van der Waals surface area contributed by atoms with E-state index in [1.165, 1.54) is 28.4 Å². The number of carbonyl (C=O) groups excluding carboxylic acids is 1. The first-order chi connectivity index (χ1) is 20.0. The SMILES string of the molecule is CCOc1ccc(Cc2cc([C@@H]3C(=O)[C@H](COCOC)[C@@H](OCOC)[C@H](OCOC)[C@H]3OCOC)ccc2Cl)cc1. The van der Waals surface area contributed by atoms with Crippen LogP contribution in [0, 0.1) is 5.92 Å². The summed E-state index contributed by atoms with van der Waals surface area (Å²) >= 11 is 6.64. The quantitative estimate of drug-likeness (QED) is 0.184. The van der Waals surface area contributed by atoms with E-state index in [0.29, 0.717) is 18.1 Å². The van der Waals surface area contributed by atoms with E-state index in [0.717, 1.165) is 22.4 Å². The maximum absolute atomic E-state index is 14.2. The van der Waals surface area contributed by atoms with Crippen LogP contribution < -0.4 is 4.74 Å². The van der Waals surface area contributed by atoms with Crippen LogP contribution in [0.3, 0.4) is 0 Å². The van der Waals surface area contributed by atoms with Gasteiger partial charge in [-0.25, -0.2) is 0 Å². The minimum Gasteiger partial charge on any atom is -0.494 e. The third-order valence-corrected chi connectivity index (χ3v) is 7.10. The number of hydrogen-bond acceptors (Lipinski definition) is 10. The minimum absolute atomic E-state index is 0.0197. The number of ether oxygens (including phenoxy) is 9. The van der Waals surface area contributed by atoms with Crippen LogP contribution in [0.5, 0.6) is 5.75 Å². The number of Topliss-reactive ketones (excluding diaryl/α,β-unsaturated/α-hetero) is 1. The molecule has 1 fully saturated rings. The number of carbonyl (C=O) groups is 1. The van der Waals surface area contributed by atoms with Gasteiger partial charge in [-0.2, -0.15) is 0 Å². The summed E-state index contributed by atoms with van der Waals surface area (Å²) in [7, 11) is 6.06. The van der Waals surface area contributed by atoms with Gasteiger partial charge in [-0.15, -0.1) is 0 Å². The van der Waals surface area contributed by atoms with Crippen LogP contribution in [0.1, 0.15) is 29.5 Å². The highest BCUT2D eigenvalue weighted by Gasteiger charge is 2.53. The second-order valence-corrected chi connectivity index (χ2v) is 9.89. The van der Waals surface area contributed by atoms with Crippen molar-refractivity contribution in [2.75, 3.05) is 68.8 Å². The van der Waals surface area contributed by atoms with Crippen molar-refractivity contribution in [1.82, 2.24) is 0 Å². The molecule has 0 spiro atoms. The molecule has 0 radical (unpaired) electrons. The molecule has 0 aromatic heterocycles. The van der Waals surface area contributed by atoms with Gasteiger partial charge in [0, 0.05) is 33.5 Å². The number of rotatable bonds is 18. The van der Waals surface area contributed by atoms with E-state index in [-0.39, 0.29) is 39.6 Å². The zero-order valence-corrected chi connectivity index (χ0v) is 25.1. The van der Waals surface area contributed by atoms with Gasteiger partial charge < -0.3 is 42.6 Å². The smallest absolute Gasteiger partial charge is 0.151 e. The maximum Gasteiger partial charge on any atom is 0.151 e. The van der Waals surface area contributed by atoms with Crippen molar-refractivity contribution >= 4 is 17.4 Å². The van der Waals surface area contributed by atoms with Gasteiger partial charge in [0.15, 0.2) is 5.78 Å². The predicted molar refractivity (Wildman–Crippen MR) is 151 cm³/mol. The Morgan fingerprint density at radius 2 is 1.37 bits per heavy atom. The van der Waals surface area contributed by atoms with Crippen molar-refractivity contribution in [3.63, 3.8) is 0 Å². The topological polar surface area (TPSA) is 100 Å². The molecule has 2 aromatic rings. The number of methoxy groups -OCH3 is 4. The standard InChI is InChI=1S/C30H41ClO10/c1-6-38-23-10-7-20(8-11-23)13-22-14-21(9-12-25(22)31)26-27(32)24(15-37-16-33-2)28(39-17-34-3)30(41-19-36-5)29(26)40-18-35-4/h7-12,14,24,26,28-30H,6,13,15-19H2,1-5H3/t24-,26+,28+,29-,30-/m0/s1. The number of hydrogen-bond donors (Lipinski definition) is 0. The van der Waals surface area contributed by atoms with Crippen LogP contribution in [0.4, 0.5) is 0 Å². The molecule has 2 aromatic carbocycles. The molecule has 3 rings (SSSR count). The summed E-state index contributed by atoms with van der Waals surface area (Å²) in [5.74, 6) is -0.771. The predicted octanol–water partition coefficient (Wildman–Crippen LogP) is 4.20. The molecule has 1 aliphatic carbocycles. The van der Waals surface area contributed by atoms with Crippen LogP contribution in [0.2, 0.25) is 5.02 Å². The molecule has 1 aliphatic rings. The van der Waals surface area contributed by atoms with E-state index in [4.69, 9.17) is 54.2 Å². The van der Waals surface area contributed by atoms with Crippen LogP contribution >= 0.6 is 11.6 Å². The second kappa shape index (κ2) is 17.7. The van der Waals surface area contributed by atoms with Crippen LogP contribution in [0.25, 0.3) is 0 Å². The summed E-state index contributed by atoms with van der Waals surface area (Å²) in [5, 5.41) is 0.591. The molecule has 0 bridgehead atoms. The van der Waals surface area contributed by atoms with Crippen LogP contribution in [-0.2, 0) is 49.1 Å². The molecule has 0 heterocycles. The van der Waals surface area contributed by atoms with Crippen LogP contribution in [-0.4, -0.2) is 92.9 Å². The Morgan fingerprint density at radius 1 is 0.756 bits per heavy atom. The first-order valence-corrected chi connectivity index (χ1v) is 13.8. The van der Waals surface area contributed by atoms with Gasteiger partial charge >= 0.3 is 0 Å². The van der Waals surface area contributed by atoms with Crippen molar-refractivity contribution < 1.29 is 47.4 Å². The molecule has 5 atom stereocenters. The maximum atomic E-state index is 14.2. The fraction of sp³-hybridized carbons (Fsp3) is 0.567. The fourth-order valence-corrected chi connectivity index (χ4v) is 5.18. The molecule has 10 nitrogen and oxygen atoms in total. The normalized spacial score (nSPS) is 22.7. The van der Waals surface area contributed by atoms with Crippen molar-refractivity contribution in [2.24, 2.45) is 5.92 Å². The third-order valence-electron chi connectivity index (χ3n) is 6.74. The number of halogens is 1. The van der Waals surface area contributed by atoms with Crippen LogP contribution in [0.15, 0.2) is 42.5 Å². The van der Waals surface area contributed by atoms with E-state index in [2.05, 4.69) is 0 Å². The largest absolute Gasteiger partial charge is 0.494 e. The zero-order chi connectivity index (χ0) is 29.6. The minimum atomic E-state index is -0.766. The molecular formula is C30H41ClO10. The Hall–Kier alpha value is -2.12. The number of benzene rings is 2. The molecule has 41 heavy (non-hydrogen) atoms. The van der Waals surface area contributed by atoms with Crippen molar-refractivity contribution in [1.29, 1.82) is 0 Å². The Labute approximate surface area is 247 Å². The first-order valence-electron chi connectivity index (χ1n) is 13.4. The van der Waals surface area contributed by atoms with Gasteiger partial charge in [0.1, 0.15) is 51.2 Å². The van der Waals surface area contributed by atoms with E-state index in [9.17, 15) is 4.79 Å². The summed E-state index contributed by atoms with van der Waals surface area (Å²) in [6, 6.07) is 13.4. The molecule has 0 amide bonds. The summed E-state index contributed by atoms with van der Waals surface area (Å²) in [4.78, 5) is 14.2. The number of ketones is 1. The lowest BCUT2D eigenvalue weighted by molar-refractivity contribution is -0.237. The van der Waals surface area contributed by atoms with Crippen molar-refractivity contribution in [2.45, 2.75) is 37.6 Å². The van der Waals surface area contributed by atoms with Gasteiger partial charge in [0.2, 0.25) is 0 Å². The lowest BCUT2D eigenvalue weighted by Crippen LogP contribution is -2.59. The molecule has 0 unspecified atom stereocenters. The lowest BCUT2D eigenvalue weighted by atomic mass is 9.71. The summed E-state index contributed by atoms with van der Waals surface area (Å²) in [6.45, 7) is 2.45. The van der Waals surface area contributed by atoms with E-state index < -0.39 is 30.1 Å². The lowest BCUT2D eigenvalue weighted by Gasteiger charge is -2.45. The highest BCUT2D eigenvalue weighted by Crippen LogP contribution is 2.40. The Balaban J connectivity index is 2.02. The average Bonchev–Trinajstić information content (AvgIpc) is 2.98. The Bertz CT molecular complexity index is 1050.